The molecule has 4 amide bonds. The number of carbonyl (C=O) groups excluding carboxylic acids is 5. The summed E-state index contributed by atoms with van der Waals surface area (Å²) in [6.07, 6.45) is 2.00. The summed E-state index contributed by atoms with van der Waals surface area (Å²) in [5.41, 5.74) is 0.852. The van der Waals surface area contributed by atoms with E-state index in [0.717, 1.165) is 16.7 Å². The van der Waals surface area contributed by atoms with Crippen LogP contribution in [0.25, 0.3) is 0 Å². The average Bonchev–Trinajstić information content (AvgIpc) is 3.82. The third kappa shape index (κ3) is 13.9. The van der Waals surface area contributed by atoms with Crippen molar-refractivity contribution in [2.45, 2.75) is 137 Å². The molecule has 0 saturated carbocycles. The van der Waals surface area contributed by atoms with E-state index in [-0.39, 0.29) is 50.4 Å². The second-order valence-electron chi connectivity index (χ2n) is 19.9. The van der Waals surface area contributed by atoms with Crippen LogP contribution < -0.4 is 24.8 Å². The molecule has 1 saturated heterocycles. The number of unbranched alkanes of at least 4 members (excludes halogenated alkanes) is 2. The van der Waals surface area contributed by atoms with Gasteiger partial charge in [-0.1, -0.05) is 6.07 Å². The Balaban J connectivity index is 1.21. The Morgan fingerprint density at radius 3 is 1.83 bits per heavy atom. The number of amides is 4. The number of rotatable bonds is 17. The van der Waals surface area contributed by atoms with Gasteiger partial charge in [0.25, 0.3) is 0 Å². The summed E-state index contributed by atoms with van der Waals surface area (Å²) in [7, 11) is 1.47. The van der Waals surface area contributed by atoms with E-state index in [4.69, 9.17) is 33.2 Å². The van der Waals surface area contributed by atoms with E-state index in [1.165, 1.54) is 7.11 Å². The average molecular weight is 911 g/mol. The number of hydrogen-bond acceptors (Lipinski definition) is 13. The first-order valence-corrected chi connectivity index (χ1v) is 22.6. The van der Waals surface area contributed by atoms with Crippen molar-refractivity contribution in [1.29, 1.82) is 0 Å². The first-order valence-electron chi connectivity index (χ1n) is 22.6. The Morgan fingerprint density at radius 2 is 1.28 bits per heavy atom. The number of phenolic OH excluding ortho intramolecular Hbond substituents is 1. The number of nitrogens with zero attached hydrogens (tertiary/aromatic N) is 2. The lowest BCUT2D eigenvalue weighted by Gasteiger charge is -2.39. The molecule has 17 nitrogen and oxygen atoms in total. The van der Waals surface area contributed by atoms with Crippen LogP contribution in [-0.2, 0) is 28.5 Å². The second-order valence-corrected chi connectivity index (χ2v) is 19.9. The highest BCUT2D eigenvalue weighted by Crippen LogP contribution is 2.55. The lowest BCUT2D eigenvalue weighted by molar-refractivity contribution is -0.155. The maximum atomic E-state index is 13.7. The Kier molecular flexibility index (Phi) is 16.4. The van der Waals surface area contributed by atoms with Crippen LogP contribution in [0, 0.1) is 18.8 Å². The number of cyclic esters (lactones) is 1. The monoisotopic (exact) mass is 910 g/mol. The number of hydrogen-bond donors (Lipinski definition) is 3. The van der Waals surface area contributed by atoms with Crippen LogP contribution in [0.3, 0.4) is 0 Å². The number of ether oxygens (including phenoxy) is 7. The van der Waals surface area contributed by atoms with Crippen molar-refractivity contribution in [2.24, 2.45) is 11.8 Å². The highest BCUT2D eigenvalue weighted by atomic mass is 16.7. The summed E-state index contributed by atoms with van der Waals surface area (Å²) < 4.78 is 39.5. The Bertz CT molecular complexity index is 2040. The van der Waals surface area contributed by atoms with Crippen LogP contribution in [-0.4, -0.2) is 115 Å². The molecule has 0 aromatic heterocycles. The van der Waals surface area contributed by atoms with Gasteiger partial charge in [-0.05, 0) is 142 Å². The normalized spacial score (nSPS) is 18.7. The zero-order valence-electron chi connectivity index (χ0n) is 40.1. The van der Waals surface area contributed by atoms with Crippen molar-refractivity contribution >= 4 is 30.2 Å². The van der Waals surface area contributed by atoms with Crippen LogP contribution in [0.5, 0.6) is 23.0 Å². The number of nitrogens with one attached hydrogen (secondary N) is 2. The fraction of sp³-hybridized carbons (Fsp3) is 0.646. The molecule has 1 unspecified atom stereocenters. The summed E-state index contributed by atoms with van der Waals surface area (Å²) in [5, 5.41) is 16.7. The molecule has 0 radical (unpaired) electrons. The summed E-state index contributed by atoms with van der Waals surface area (Å²) in [6.45, 7) is 19.8. The molecule has 1 aliphatic carbocycles. The number of urea groups is 1. The van der Waals surface area contributed by atoms with Crippen molar-refractivity contribution in [3.63, 3.8) is 0 Å². The Morgan fingerprint density at radius 1 is 0.738 bits per heavy atom. The van der Waals surface area contributed by atoms with Gasteiger partial charge in [0.15, 0.2) is 23.0 Å². The van der Waals surface area contributed by atoms with Gasteiger partial charge in [-0.3, -0.25) is 9.59 Å². The molecule has 5 rings (SSSR count). The highest BCUT2D eigenvalue weighted by molar-refractivity contribution is 5.80. The summed E-state index contributed by atoms with van der Waals surface area (Å²) >= 11 is 0. The van der Waals surface area contributed by atoms with Crippen molar-refractivity contribution in [1.82, 2.24) is 20.4 Å². The smallest absolute Gasteiger partial charge is 0.410 e. The SMILES string of the molecule is COc1cc(C2c3cc4c(cc3[C@@H](NC(=O)NCCCN(CCCCN(CCCCC(=O)OC(C)(C)C)C(=O)OC(C)(C)C)C(=O)OC(C)(C)C)[C@H]3COC(=O)[C@H]23)OCO4)cc(C)c1O. The minimum absolute atomic E-state index is 0.0112. The topological polar surface area (TPSA) is 201 Å². The number of benzene rings is 2. The predicted molar refractivity (Wildman–Crippen MR) is 240 cm³/mol. The van der Waals surface area contributed by atoms with Crippen LogP contribution in [0.2, 0.25) is 0 Å². The van der Waals surface area contributed by atoms with Gasteiger partial charge in [-0.15, -0.1) is 0 Å². The predicted octanol–water partition coefficient (Wildman–Crippen LogP) is 7.87. The first-order chi connectivity index (χ1) is 30.4. The third-order valence-corrected chi connectivity index (χ3v) is 11.1. The lowest BCUT2D eigenvalue weighted by Crippen LogP contribution is -2.46. The molecule has 17 heteroatoms. The maximum Gasteiger partial charge on any atom is 0.410 e. The van der Waals surface area contributed by atoms with Crippen molar-refractivity contribution in [3.8, 4) is 23.0 Å². The van der Waals surface area contributed by atoms with Gasteiger partial charge in [0, 0.05) is 51.0 Å². The van der Waals surface area contributed by atoms with Gasteiger partial charge in [-0.25, -0.2) is 14.4 Å². The van der Waals surface area contributed by atoms with Crippen LogP contribution in [0.1, 0.15) is 135 Å². The van der Waals surface area contributed by atoms with E-state index < -0.39 is 64.8 Å². The molecule has 2 heterocycles. The lowest BCUT2D eigenvalue weighted by atomic mass is 9.65. The number of aryl methyl sites for hydroxylation is 1. The number of carbonyl (C=O) groups is 5. The zero-order chi connectivity index (χ0) is 47.9. The fourth-order valence-electron chi connectivity index (χ4n) is 8.33. The number of methoxy groups -OCH3 is 1. The van der Waals surface area contributed by atoms with E-state index in [1.807, 2.05) is 59.7 Å². The fourth-order valence-corrected chi connectivity index (χ4v) is 8.33. The summed E-state index contributed by atoms with van der Waals surface area (Å²) in [6, 6.07) is 6.16. The minimum atomic E-state index is -0.733. The van der Waals surface area contributed by atoms with Crippen molar-refractivity contribution in [2.75, 3.05) is 53.2 Å². The van der Waals surface area contributed by atoms with Crippen molar-refractivity contribution < 1.29 is 62.2 Å². The van der Waals surface area contributed by atoms with Gasteiger partial charge < -0.3 is 58.7 Å². The van der Waals surface area contributed by atoms with E-state index in [2.05, 4.69) is 10.6 Å². The van der Waals surface area contributed by atoms with E-state index >= 15 is 0 Å². The summed E-state index contributed by atoms with van der Waals surface area (Å²) in [5.74, 6) is -0.936. The Labute approximate surface area is 383 Å². The van der Waals surface area contributed by atoms with Gasteiger partial charge in [0.05, 0.1) is 25.7 Å². The minimum Gasteiger partial charge on any atom is -0.504 e. The molecule has 2 aromatic carbocycles. The summed E-state index contributed by atoms with van der Waals surface area (Å²) in [4.78, 5) is 69.3. The van der Waals surface area contributed by atoms with E-state index in [9.17, 15) is 29.1 Å². The van der Waals surface area contributed by atoms with Crippen LogP contribution in [0.15, 0.2) is 24.3 Å². The van der Waals surface area contributed by atoms with E-state index in [0.29, 0.717) is 68.8 Å². The molecule has 2 aliphatic heterocycles. The molecular weight excluding hydrogens is 841 g/mol. The van der Waals surface area contributed by atoms with Crippen LogP contribution in [0.4, 0.5) is 14.4 Å². The number of phenols is 1. The second kappa shape index (κ2) is 21.1. The largest absolute Gasteiger partial charge is 0.504 e. The molecule has 65 heavy (non-hydrogen) atoms. The molecule has 1 fully saturated rings. The van der Waals surface area contributed by atoms with Gasteiger partial charge in [0.2, 0.25) is 6.79 Å². The molecule has 0 spiro atoms. The number of fused-ring (bicyclic) bond motifs is 3. The molecule has 3 aliphatic rings. The molecule has 0 bridgehead atoms. The van der Waals surface area contributed by atoms with Crippen LogP contribution >= 0.6 is 0 Å². The zero-order valence-corrected chi connectivity index (χ0v) is 40.1. The quantitative estimate of drug-likeness (QED) is 0.0788. The number of esters is 2. The molecule has 3 N–H and O–H groups in total. The highest BCUT2D eigenvalue weighted by Gasteiger charge is 2.53. The molecule has 360 valence electrons. The van der Waals surface area contributed by atoms with Gasteiger partial charge >= 0.3 is 30.2 Å². The standard InChI is InChI=1S/C48H70N4O13/c1-29-23-30(24-36(59-11)41(29)54)38-31-25-34-35(62-28-61-34)26-32(31)40(33-27-60-42(55)39(33)38)50-43(56)49-18-16-22-52(45(58)65-48(8,9)10)21-15-14-20-51(44(57)64-47(5,6)7)19-13-12-17-37(53)63-46(2,3)4/h23-26,33,38-40,54H,12-22,27-28H2,1-11H3,(H2,49,50,56)/t33-,38?,39-,40+/m0/s1. The Hall–Kier alpha value is -5.61. The first kappa shape index (κ1) is 50.4. The maximum absolute atomic E-state index is 13.7. The van der Waals surface area contributed by atoms with Gasteiger partial charge in [0.1, 0.15) is 16.8 Å². The molecular formula is C48H70N4O13. The van der Waals surface area contributed by atoms with Gasteiger partial charge in [-0.2, -0.15) is 0 Å². The molecule has 4 atom stereocenters. The van der Waals surface area contributed by atoms with Crippen molar-refractivity contribution in [3.05, 3.63) is 46.5 Å². The molecule has 2 aromatic rings. The van der Waals surface area contributed by atoms with E-state index in [1.54, 1.807) is 43.6 Å². The number of aromatic hydroxyl groups is 1. The third-order valence-electron chi connectivity index (χ3n) is 11.1.